The molecular formula is C14H16ClN3O2. The molecule has 20 heavy (non-hydrogen) atoms. The van der Waals surface area contributed by atoms with E-state index in [4.69, 9.17) is 16.1 Å². The molecule has 1 amide bonds. The molecule has 0 unspecified atom stereocenters. The zero-order valence-electron chi connectivity index (χ0n) is 11.1. The second-order valence-electron chi connectivity index (χ2n) is 4.43. The fourth-order valence-electron chi connectivity index (χ4n) is 1.74. The van der Waals surface area contributed by atoms with Gasteiger partial charge in [-0.3, -0.25) is 4.79 Å². The van der Waals surface area contributed by atoms with Crippen molar-refractivity contribution < 1.29 is 9.32 Å². The summed E-state index contributed by atoms with van der Waals surface area (Å²) in [5.74, 6) is 0.947. The summed E-state index contributed by atoms with van der Waals surface area (Å²) in [6, 6.07) is 9.35. The maximum absolute atomic E-state index is 11.6. The molecule has 2 aromatic rings. The van der Waals surface area contributed by atoms with Crippen molar-refractivity contribution >= 4 is 23.3 Å². The summed E-state index contributed by atoms with van der Waals surface area (Å²) in [6.45, 7) is 2.70. The van der Waals surface area contributed by atoms with Crippen LogP contribution in [0.1, 0.15) is 11.3 Å². The predicted molar refractivity (Wildman–Crippen MR) is 77.9 cm³/mol. The molecule has 1 heterocycles. The molecule has 106 valence electrons. The molecule has 1 aromatic carbocycles. The first kappa shape index (κ1) is 14.6. The number of halogens is 1. The number of rotatable bonds is 6. The molecule has 2 N–H and O–H groups in total. The van der Waals surface area contributed by atoms with E-state index in [1.807, 2.05) is 24.3 Å². The SMILES string of the molecule is Cc1cc(NC(=O)CNCCc2cccc(Cl)c2)no1. The van der Waals surface area contributed by atoms with E-state index in [9.17, 15) is 4.79 Å². The van der Waals surface area contributed by atoms with E-state index < -0.39 is 0 Å². The number of hydrogen-bond acceptors (Lipinski definition) is 4. The number of aromatic nitrogens is 1. The number of nitrogens with zero attached hydrogens (tertiary/aromatic N) is 1. The zero-order chi connectivity index (χ0) is 14.4. The van der Waals surface area contributed by atoms with Crippen molar-refractivity contribution in [2.75, 3.05) is 18.4 Å². The Morgan fingerprint density at radius 1 is 1.40 bits per heavy atom. The highest BCUT2D eigenvalue weighted by Crippen LogP contribution is 2.10. The van der Waals surface area contributed by atoms with E-state index in [2.05, 4.69) is 15.8 Å². The van der Waals surface area contributed by atoms with Crippen molar-refractivity contribution in [1.82, 2.24) is 10.5 Å². The highest BCUT2D eigenvalue weighted by molar-refractivity contribution is 6.30. The van der Waals surface area contributed by atoms with Crippen molar-refractivity contribution in [1.29, 1.82) is 0 Å². The van der Waals surface area contributed by atoms with Gasteiger partial charge >= 0.3 is 0 Å². The molecule has 6 heteroatoms. The van der Waals surface area contributed by atoms with Crippen LogP contribution in [0.15, 0.2) is 34.9 Å². The quantitative estimate of drug-likeness (QED) is 0.803. The standard InChI is InChI=1S/C14H16ClN3O2/c1-10-7-13(18-20-10)17-14(19)9-16-6-5-11-3-2-4-12(15)8-11/h2-4,7-8,16H,5-6,9H2,1H3,(H,17,18,19). The van der Waals surface area contributed by atoms with E-state index in [0.717, 1.165) is 17.0 Å². The largest absolute Gasteiger partial charge is 0.360 e. The van der Waals surface area contributed by atoms with Crippen LogP contribution < -0.4 is 10.6 Å². The van der Waals surface area contributed by atoms with Crippen molar-refractivity contribution in [3.05, 3.63) is 46.7 Å². The first-order valence-corrected chi connectivity index (χ1v) is 6.69. The molecule has 0 aliphatic rings. The van der Waals surface area contributed by atoms with Gasteiger partial charge in [-0.1, -0.05) is 28.9 Å². The summed E-state index contributed by atoms with van der Waals surface area (Å²) in [4.78, 5) is 11.6. The highest BCUT2D eigenvalue weighted by Gasteiger charge is 2.05. The minimum absolute atomic E-state index is 0.149. The zero-order valence-corrected chi connectivity index (χ0v) is 11.9. The predicted octanol–water partition coefficient (Wildman–Crippen LogP) is 2.41. The lowest BCUT2D eigenvalue weighted by Gasteiger charge is -2.05. The van der Waals surface area contributed by atoms with Crippen molar-refractivity contribution in [2.45, 2.75) is 13.3 Å². The topological polar surface area (TPSA) is 67.2 Å². The first-order valence-electron chi connectivity index (χ1n) is 6.32. The maximum atomic E-state index is 11.6. The smallest absolute Gasteiger partial charge is 0.239 e. The molecule has 0 bridgehead atoms. The molecule has 2 rings (SSSR count). The van der Waals surface area contributed by atoms with Gasteiger partial charge in [-0.15, -0.1) is 0 Å². The minimum atomic E-state index is -0.149. The molecular weight excluding hydrogens is 278 g/mol. The number of amides is 1. The van der Waals surface area contributed by atoms with Crippen LogP contribution in [0, 0.1) is 6.92 Å². The molecule has 0 saturated heterocycles. The Bertz CT molecular complexity index is 583. The van der Waals surface area contributed by atoms with Crippen LogP contribution in [-0.4, -0.2) is 24.2 Å². The van der Waals surface area contributed by atoms with Crippen molar-refractivity contribution in [3.8, 4) is 0 Å². The molecule has 0 radical (unpaired) electrons. The molecule has 5 nitrogen and oxygen atoms in total. The number of anilines is 1. The number of hydrogen-bond donors (Lipinski definition) is 2. The number of nitrogens with one attached hydrogen (secondary N) is 2. The first-order chi connectivity index (χ1) is 9.63. The fourth-order valence-corrected chi connectivity index (χ4v) is 1.95. The summed E-state index contributed by atoms with van der Waals surface area (Å²) < 4.78 is 4.86. The van der Waals surface area contributed by atoms with Crippen LogP contribution >= 0.6 is 11.6 Å². The second-order valence-corrected chi connectivity index (χ2v) is 4.86. The van der Waals surface area contributed by atoms with E-state index in [0.29, 0.717) is 18.1 Å². The Morgan fingerprint density at radius 2 is 2.25 bits per heavy atom. The lowest BCUT2D eigenvalue weighted by Crippen LogP contribution is -2.29. The van der Waals surface area contributed by atoms with Gasteiger partial charge in [-0.05, 0) is 37.6 Å². The van der Waals surface area contributed by atoms with Gasteiger partial charge in [0.1, 0.15) is 5.76 Å². The van der Waals surface area contributed by atoms with Gasteiger partial charge in [0.05, 0.1) is 6.54 Å². The molecule has 0 atom stereocenters. The van der Waals surface area contributed by atoms with Gasteiger partial charge < -0.3 is 15.2 Å². The average Bonchev–Trinajstić information content (AvgIpc) is 2.80. The van der Waals surface area contributed by atoms with Crippen LogP contribution in [0.2, 0.25) is 5.02 Å². The number of benzene rings is 1. The average molecular weight is 294 g/mol. The van der Waals surface area contributed by atoms with Crippen LogP contribution in [0.5, 0.6) is 0 Å². The number of aryl methyl sites for hydroxylation is 1. The van der Waals surface area contributed by atoms with Crippen LogP contribution in [0.3, 0.4) is 0 Å². The number of carbonyl (C=O) groups excluding carboxylic acids is 1. The number of carbonyl (C=O) groups is 1. The van der Waals surface area contributed by atoms with Crippen molar-refractivity contribution in [3.63, 3.8) is 0 Å². The van der Waals surface area contributed by atoms with Crippen LogP contribution in [-0.2, 0) is 11.2 Å². The minimum Gasteiger partial charge on any atom is -0.360 e. The van der Waals surface area contributed by atoms with E-state index >= 15 is 0 Å². The summed E-state index contributed by atoms with van der Waals surface area (Å²) in [5.41, 5.74) is 1.14. The van der Waals surface area contributed by atoms with Crippen LogP contribution in [0.4, 0.5) is 5.82 Å². The monoisotopic (exact) mass is 293 g/mol. The Labute approximate surface area is 122 Å². The molecule has 0 aliphatic carbocycles. The lowest BCUT2D eigenvalue weighted by molar-refractivity contribution is -0.115. The van der Waals surface area contributed by atoms with Gasteiger partial charge in [-0.25, -0.2) is 0 Å². The van der Waals surface area contributed by atoms with E-state index in [-0.39, 0.29) is 12.5 Å². The Hall–Kier alpha value is -1.85. The fraction of sp³-hybridized carbons (Fsp3) is 0.286. The molecule has 0 saturated carbocycles. The van der Waals surface area contributed by atoms with E-state index in [1.165, 1.54) is 0 Å². The second kappa shape index (κ2) is 7.07. The van der Waals surface area contributed by atoms with Crippen molar-refractivity contribution in [2.24, 2.45) is 0 Å². The molecule has 0 fully saturated rings. The van der Waals surface area contributed by atoms with Gasteiger partial charge in [-0.2, -0.15) is 0 Å². The summed E-state index contributed by atoms with van der Waals surface area (Å²) in [5, 5.41) is 10.1. The summed E-state index contributed by atoms with van der Waals surface area (Å²) >= 11 is 5.90. The Kier molecular flexibility index (Phi) is 5.15. The maximum Gasteiger partial charge on any atom is 0.239 e. The third kappa shape index (κ3) is 4.68. The van der Waals surface area contributed by atoms with Crippen LogP contribution in [0.25, 0.3) is 0 Å². The van der Waals surface area contributed by atoms with Gasteiger partial charge in [0, 0.05) is 11.1 Å². The van der Waals surface area contributed by atoms with E-state index in [1.54, 1.807) is 13.0 Å². The highest BCUT2D eigenvalue weighted by atomic mass is 35.5. The third-order valence-corrected chi connectivity index (χ3v) is 2.90. The van der Waals surface area contributed by atoms with Gasteiger partial charge in [0.15, 0.2) is 5.82 Å². The molecule has 1 aromatic heterocycles. The lowest BCUT2D eigenvalue weighted by atomic mass is 10.1. The summed E-state index contributed by atoms with van der Waals surface area (Å²) in [7, 11) is 0. The third-order valence-electron chi connectivity index (χ3n) is 2.66. The van der Waals surface area contributed by atoms with Gasteiger partial charge in [0.25, 0.3) is 0 Å². The van der Waals surface area contributed by atoms with Gasteiger partial charge in [0.2, 0.25) is 5.91 Å². The molecule has 0 aliphatic heterocycles. The Morgan fingerprint density at radius 3 is 2.95 bits per heavy atom. The molecule has 0 spiro atoms. The normalized spacial score (nSPS) is 10.5. The Balaban J connectivity index is 1.67. The summed E-state index contributed by atoms with van der Waals surface area (Å²) in [6.07, 6.45) is 0.816.